The molecule has 0 fully saturated rings. The van der Waals surface area contributed by atoms with E-state index in [2.05, 4.69) is 15.2 Å². The summed E-state index contributed by atoms with van der Waals surface area (Å²) in [6.07, 6.45) is 5.92. The Kier molecular flexibility index (Phi) is 3.86. The van der Waals surface area contributed by atoms with Gasteiger partial charge in [-0.2, -0.15) is 5.10 Å². The topological polar surface area (TPSA) is 72.6 Å². The third kappa shape index (κ3) is 2.69. The van der Waals surface area contributed by atoms with Gasteiger partial charge in [0.1, 0.15) is 7.11 Å². The van der Waals surface area contributed by atoms with Crippen molar-refractivity contribution in [3.8, 4) is 5.69 Å². The molecule has 0 atom stereocenters. The van der Waals surface area contributed by atoms with Gasteiger partial charge < -0.3 is 9.74 Å². The molecular weight excluding hydrogens is 282 g/mol. The number of hydrogen-bond acceptors (Lipinski definition) is 5. The fraction of sp³-hybridized carbons (Fsp3) is 0.333. The van der Waals surface area contributed by atoms with Gasteiger partial charge in [-0.3, -0.25) is 9.78 Å². The molecule has 114 valence electrons. The summed E-state index contributed by atoms with van der Waals surface area (Å²) in [6, 6.07) is 3.75. The fourth-order valence-corrected chi connectivity index (χ4v) is 2.52. The minimum Gasteiger partial charge on any atom is -0.399 e. The molecule has 3 rings (SSSR count). The van der Waals surface area contributed by atoms with Gasteiger partial charge in [0.25, 0.3) is 5.91 Å². The number of amides is 1. The number of aromatic nitrogens is 3. The van der Waals surface area contributed by atoms with Crippen LogP contribution in [0.5, 0.6) is 0 Å². The molecule has 1 aliphatic heterocycles. The van der Waals surface area contributed by atoms with Crippen LogP contribution in [0.25, 0.3) is 5.69 Å². The lowest BCUT2D eigenvalue weighted by Gasteiger charge is -2.25. The van der Waals surface area contributed by atoms with Crippen LogP contribution in [0.4, 0.5) is 0 Å². The largest absolute Gasteiger partial charge is 0.399 e. The minimum absolute atomic E-state index is 0.0259. The first-order chi connectivity index (χ1) is 10.7. The van der Waals surface area contributed by atoms with E-state index in [1.54, 1.807) is 28.2 Å². The van der Waals surface area contributed by atoms with Gasteiger partial charge in [-0.05, 0) is 19.1 Å². The highest BCUT2D eigenvalue weighted by Crippen LogP contribution is 2.19. The van der Waals surface area contributed by atoms with E-state index in [0.29, 0.717) is 18.7 Å². The molecule has 0 bridgehead atoms. The van der Waals surface area contributed by atoms with Crippen molar-refractivity contribution in [3.05, 3.63) is 42.0 Å². The van der Waals surface area contributed by atoms with Gasteiger partial charge in [0.2, 0.25) is 0 Å². The number of nitrogens with zero attached hydrogens (tertiary/aromatic N) is 5. The standard InChI is InChI=1S/C15H17N5O2/c1-11(18-22-2)9-19-7-5-14-13(15(19)21)10-20(17-14)12-4-3-6-16-8-12/h3-4,6,8,10H,5,7,9H2,1-2H3/b18-11+. The van der Waals surface area contributed by atoms with Gasteiger partial charge >= 0.3 is 0 Å². The molecular formula is C15H17N5O2. The predicted molar refractivity (Wildman–Crippen MR) is 81.1 cm³/mol. The highest BCUT2D eigenvalue weighted by molar-refractivity contribution is 5.98. The average molecular weight is 299 g/mol. The Morgan fingerprint density at radius 3 is 3.09 bits per heavy atom. The molecule has 2 aromatic heterocycles. The molecule has 0 aliphatic carbocycles. The van der Waals surface area contributed by atoms with Gasteiger partial charge in [-0.1, -0.05) is 5.16 Å². The Hall–Kier alpha value is -2.70. The molecule has 0 saturated heterocycles. The zero-order valence-corrected chi connectivity index (χ0v) is 12.6. The molecule has 0 saturated carbocycles. The quantitative estimate of drug-likeness (QED) is 0.630. The van der Waals surface area contributed by atoms with Crippen molar-refractivity contribution >= 4 is 11.6 Å². The zero-order valence-electron chi connectivity index (χ0n) is 12.6. The fourth-order valence-electron chi connectivity index (χ4n) is 2.52. The third-order valence-electron chi connectivity index (χ3n) is 3.50. The molecule has 7 nitrogen and oxygen atoms in total. The highest BCUT2D eigenvalue weighted by atomic mass is 16.6. The Balaban J connectivity index is 1.84. The molecule has 0 unspecified atom stereocenters. The van der Waals surface area contributed by atoms with Crippen LogP contribution in [0.1, 0.15) is 23.0 Å². The van der Waals surface area contributed by atoms with Gasteiger partial charge in [-0.25, -0.2) is 4.68 Å². The summed E-state index contributed by atoms with van der Waals surface area (Å²) >= 11 is 0. The van der Waals surface area contributed by atoms with E-state index in [9.17, 15) is 4.79 Å². The summed E-state index contributed by atoms with van der Waals surface area (Å²) in [5.41, 5.74) is 3.07. The third-order valence-corrected chi connectivity index (χ3v) is 3.50. The summed E-state index contributed by atoms with van der Waals surface area (Å²) in [4.78, 5) is 23.1. The van der Waals surface area contributed by atoms with Gasteiger partial charge in [0, 0.05) is 25.4 Å². The van der Waals surface area contributed by atoms with Gasteiger partial charge in [-0.15, -0.1) is 0 Å². The van der Waals surface area contributed by atoms with Crippen molar-refractivity contribution in [2.45, 2.75) is 13.3 Å². The summed E-state index contributed by atoms with van der Waals surface area (Å²) in [6.45, 7) is 2.93. The highest BCUT2D eigenvalue weighted by Gasteiger charge is 2.27. The summed E-state index contributed by atoms with van der Waals surface area (Å²) in [5.74, 6) is -0.0259. The molecule has 1 aliphatic rings. The Labute approximate surface area is 128 Å². The lowest BCUT2D eigenvalue weighted by atomic mass is 10.1. The maximum absolute atomic E-state index is 12.6. The lowest BCUT2D eigenvalue weighted by Crippen LogP contribution is -2.40. The van der Waals surface area contributed by atoms with Crippen LogP contribution in [0, 0.1) is 0 Å². The van der Waals surface area contributed by atoms with Crippen LogP contribution in [-0.4, -0.2) is 51.5 Å². The summed E-state index contributed by atoms with van der Waals surface area (Å²) in [7, 11) is 1.50. The van der Waals surface area contributed by atoms with Crippen LogP contribution in [0.2, 0.25) is 0 Å². The number of fused-ring (bicyclic) bond motifs is 1. The molecule has 0 N–H and O–H groups in total. The second-order valence-corrected chi connectivity index (χ2v) is 5.13. The van der Waals surface area contributed by atoms with Crippen LogP contribution in [0.15, 0.2) is 35.9 Å². The van der Waals surface area contributed by atoms with Crippen LogP contribution in [-0.2, 0) is 11.3 Å². The van der Waals surface area contributed by atoms with E-state index in [1.165, 1.54) is 7.11 Å². The molecule has 0 radical (unpaired) electrons. The first kappa shape index (κ1) is 14.2. The van der Waals surface area contributed by atoms with E-state index in [0.717, 1.165) is 23.5 Å². The van der Waals surface area contributed by atoms with E-state index in [4.69, 9.17) is 4.84 Å². The van der Waals surface area contributed by atoms with Crippen molar-refractivity contribution < 1.29 is 9.63 Å². The zero-order chi connectivity index (χ0) is 15.5. The van der Waals surface area contributed by atoms with Crippen LogP contribution >= 0.6 is 0 Å². The number of carbonyl (C=O) groups excluding carboxylic acids is 1. The number of pyridine rings is 1. The van der Waals surface area contributed by atoms with Crippen molar-refractivity contribution in [3.63, 3.8) is 0 Å². The van der Waals surface area contributed by atoms with E-state index >= 15 is 0 Å². The lowest BCUT2D eigenvalue weighted by molar-refractivity contribution is 0.0762. The molecule has 0 aromatic carbocycles. The predicted octanol–water partition coefficient (Wildman–Crippen LogP) is 1.29. The van der Waals surface area contributed by atoms with E-state index in [-0.39, 0.29) is 5.91 Å². The first-order valence-electron chi connectivity index (χ1n) is 7.04. The molecule has 2 aromatic rings. The molecule has 0 spiro atoms. The van der Waals surface area contributed by atoms with Gasteiger partial charge in [0.15, 0.2) is 0 Å². The van der Waals surface area contributed by atoms with Crippen molar-refractivity contribution in [1.29, 1.82) is 0 Å². The van der Waals surface area contributed by atoms with Gasteiger partial charge in [0.05, 0.1) is 35.4 Å². The second-order valence-electron chi connectivity index (χ2n) is 5.13. The van der Waals surface area contributed by atoms with E-state index in [1.807, 2.05) is 19.1 Å². The molecule has 22 heavy (non-hydrogen) atoms. The Morgan fingerprint density at radius 2 is 2.36 bits per heavy atom. The summed E-state index contributed by atoms with van der Waals surface area (Å²) in [5, 5.41) is 8.35. The SMILES string of the molecule is CO/N=C(\C)CN1CCc2nn(-c3cccnc3)cc2C1=O. The monoisotopic (exact) mass is 299 g/mol. The number of rotatable bonds is 4. The number of oxime groups is 1. The maximum atomic E-state index is 12.6. The Bertz CT molecular complexity index is 708. The van der Waals surface area contributed by atoms with Crippen molar-refractivity contribution in [2.24, 2.45) is 5.16 Å². The van der Waals surface area contributed by atoms with Crippen molar-refractivity contribution in [2.75, 3.05) is 20.2 Å². The average Bonchev–Trinajstić information content (AvgIpc) is 2.96. The molecule has 3 heterocycles. The number of hydrogen-bond donors (Lipinski definition) is 0. The molecule has 7 heteroatoms. The van der Waals surface area contributed by atoms with E-state index < -0.39 is 0 Å². The van der Waals surface area contributed by atoms with Crippen molar-refractivity contribution in [1.82, 2.24) is 19.7 Å². The van der Waals surface area contributed by atoms with Crippen LogP contribution in [0.3, 0.4) is 0 Å². The number of carbonyl (C=O) groups is 1. The normalized spacial score (nSPS) is 14.9. The maximum Gasteiger partial charge on any atom is 0.257 e. The molecule has 1 amide bonds. The smallest absolute Gasteiger partial charge is 0.257 e. The minimum atomic E-state index is -0.0259. The first-order valence-corrected chi connectivity index (χ1v) is 7.04. The summed E-state index contributed by atoms with van der Waals surface area (Å²) < 4.78 is 1.70. The Morgan fingerprint density at radius 1 is 1.50 bits per heavy atom. The van der Waals surface area contributed by atoms with Crippen LogP contribution < -0.4 is 0 Å². The second kappa shape index (κ2) is 5.97.